The Morgan fingerprint density at radius 2 is 1.15 bits per heavy atom. The molecule has 2 heterocycles. The van der Waals surface area contributed by atoms with Crippen LogP contribution in [-0.2, 0) is 16.0 Å². The number of halogens is 2. The number of hydrogen-bond acceptors (Lipinski definition) is 8. The topological polar surface area (TPSA) is 168 Å². The first kappa shape index (κ1) is 35.1. The highest BCUT2D eigenvalue weighted by molar-refractivity contribution is 6.00. The van der Waals surface area contributed by atoms with Crippen molar-refractivity contribution in [1.82, 2.24) is 9.97 Å². The number of H-pyrrole nitrogens is 2. The number of nitrogens with zero attached hydrogens (tertiary/aromatic N) is 1. The molecule has 46 heavy (non-hydrogen) atoms. The van der Waals surface area contributed by atoms with Crippen molar-refractivity contribution in [3.63, 3.8) is 0 Å². The lowest BCUT2D eigenvalue weighted by Crippen LogP contribution is -2.24. The number of carbonyl (C=O) groups excluding carboxylic acids is 2. The van der Waals surface area contributed by atoms with Gasteiger partial charge in [0.1, 0.15) is 23.3 Å². The first-order valence-electron chi connectivity index (χ1n) is 14.2. The number of ether oxygens (including phenoxy) is 2. The van der Waals surface area contributed by atoms with Gasteiger partial charge in [0.25, 0.3) is 11.1 Å². The Labute approximate surface area is 263 Å². The summed E-state index contributed by atoms with van der Waals surface area (Å²) in [5.74, 6) is -2.39. The zero-order chi connectivity index (χ0) is 34.3. The van der Waals surface area contributed by atoms with E-state index in [9.17, 15) is 33.2 Å². The summed E-state index contributed by atoms with van der Waals surface area (Å²) in [5, 5.41) is 9.33. The van der Waals surface area contributed by atoms with Gasteiger partial charge in [0.05, 0.1) is 25.3 Å². The van der Waals surface area contributed by atoms with Crippen molar-refractivity contribution < 1.29 is 27.8 Å². The molecule has 4 rings (SSSR count). The van der Waals surface area contributed by atoms with E-state index in [0.717, 1.165) is 0 Å². The summed E-state index contributed by atoms with van der Waals surface area (Å²) in [5.41, 5.74) is 7.53. The number of hydrogen-bond donors (Lipinski definition) is 3. The minimum atomic E-state index is -0.666. The van der Waals surface area contributed by atoms with Crippen molar-refractivity contribution in [2.24, 2.45) is 5.73 Å². The normalized spacial score (nSPS) is 10.7. The predicted octanol–water partition coefficient (Wildman–Crippen LogP) is 5.51. The highest BCUT2D eigenvalue weighted by Gasteiger charge is 2.27. The molecule has 0 unspecified atom stereocenters. The molecule has 0 radical (unpaired) electrons. The second-order valence-corrected chi connectivity index (χ2v) is 10.7. The number of esters is 2. The first-order valence-corrected chi connectivity index (χ1v) is 14.2. The zero-order valence-electron chi connectivity index (χ0n) is 26.2. The summed E-state index contributed by atoms with van der Waals surface area (Å²) < 4.78 is 36.1. The lowest BCUT2D eigenvalue weighted by atomic mass is 9.91. The molecule has 0 atom stereocenters. The number of aromatic nitrogens is 2. The second-order valence-electron chi connectivity index (χ2n) is 10.7. The van der Waals surface area contributed by atoms with Crippen molar-refractivity contribution in [2.45, 2.75) is 46.1 Å². The molecule has 240 valence electrons. The van der Waals surface area contributed by atoms with Gasteiger partial charge >= 0.3 is 11.9 Å². The van der Waals surface area contributed by atoms with E-state index in [-0.39, 0.29) is 51.8 Å². The Bertz CT molecular complexity index is 1910. The molecule has 0 spiro atoms. The highest BCUT2D eigenvalue weighted by atomic mass is 19.1. The van der Waals surface area contributed by atoms with Gasteiger partial charge in [0, 0.05) is 34.6 Å². The third-order valence-electron chi connectivity index (χ3n) is 7.10. The molecule has 0 amide bonds. The van der Waals surface area contributed by atoms with Gasteiger partial charge in [-0.3, -0.25) is 9.59 Å². The molecule has 10 nitrogen and oxygen atoms in total. The second kappa shape index (κ2) is 15.0. The lowest BCUT2D eigenvalue weighted by Gasteiger charge is -2.18. The minimum Gasteiger partial charge on any atom is -0.465 e. The van der Waals surface area contributed by atoms with Crippen molar-refractivity contribution in [1.29, 1.82) is 5.26 Å². The number of aromatic amines is 2. The Balaban J connectivity index is 0.000000250. The summed E-state index contributed by atoms with van der Waals surface area (Å²) >= 11 is 0. The van der Waals surface area contributed by atoms with E-state index in [0.29, 0.717) is 28.1 Å². The quantitative estimate of drug-likeness (QED) is 0.224. The monoisotopic (exact) mass is 632 g/mol. The van der Waals surface area contributed by atoms with Crippen LogP contribution in [0.3, 0.4) is 0 Å². The zero-order valence-corrected chi connectivity index (χ0v) is 26.2. The fraction of sp³-hybridized carbons (Fsp3) is 0.265. The first-order chi connectivity index (χ1) is 21.8. The van der Waals surface area contributed by atoms with Gasteiger partial charge in [0.2, 0.25) is 0 Å². The molecule has 0 bridgehead atoms. The fourth-order valence-corrected chi connectivity index (χ4v) is 4.92. The van der Waals surface area contributed by atoms with Crippen LogP contribution in [0.5, 0.6) is 0 Å². The number of carbonyl (C=O) groups is 2. The van der Waals surface area contributed by atoms with Gasteiger partial charge in [-0.05, 0) is 47.2 Å². The Kier molecular flexibility index (Phi) is 11.5. The maximum absolute atomic E-state index is 13.2. The Hall–Kier alpha value is -5.41. The molecular formula is C34H34F2N4O6. The molecule has 4 N–H and O–H groups in total. The minimum absolute atomic E-state index is 0.0512. The number of nitriles is 1. The average Bonchev–Trinajstić information content (AvgIpc) is 3.04. The van der Waals surface area contributed by atoms with E-state index in [4.69, 9.17) is 15.2 Å². The van der Waals surface area contributed by atoms with Gasteiger partial charge < -0.3 is 25.2 Å². The SMILES string of the molecule is COC(=O)c1c(C(C)C)[nH]c(=O)c(C#N)c1-c1ccc(F)cc1.COC(=O)c1c(C(C)C)[nH]c(=O)c(CN)c1-c1ccc(F)cc1. The van der Waals surface area contributed by atoms with E-state index in [1.54, 1.807) is 13.8 Å². The van der Waals surface area contributed by atoms with Crippen molar-refractivity contribution >= 4 is 11.9 Å². The standard InChI is InChI=1S/C17H19FN2O3.C17H15FN2O3/c2*1-9(2)15-14(17(22)23-3)13(12(8-19)16(21)20-15)10-4-6-11(18)7-5-10/h4-7,9H,8,19H2,1-3H3,(H,20,21);4-7,9H,1-3H3,(H,20,21). The third-order valence-corrected chi connectivity index (χ3v) is 7.10. The summed E-state index contributed by atoms with van der Waals surface area (Å²) in [6.07, 6.45) is 0. The van der Waals surface area contributed by atoms with E-state index >= 15 is 0 Å². The molecule has 2 aromatic carbocycles. The molecule has 0 aliphatic heterocycles. The van der Waals surface area contributed by atoms with E-state index < -0.39 is 29.1 Å². The highest BCUT2D eigenvalue weighted by Crippen LogP contribution is 2.32. The number of benzene rings is 2. The van der Waals surface area contributed by atoms with Crippen molar-refractivity contribution in [3.05, 3.63) is 115 Å². The molecule has 12 heteroatoms. The molecule has 0 fully saturated rings. The number of rotatable bonds is 7. The van der Waals surface area contributed by atoms with Crippen LogP contribution in [-0.4, -0.2) is 36.1 Å². The number of pyridine rings is 2. The van der Waals surface area contributed by atoms with Crippen LogP contribution in [0.1, 0.15) is 82.8 Å². The van der Waals surface area contributed by atoms with Crippen LogP contribution in [0.15, 0.2) is 58.1 Å². The van der Waals surface area contributed by atoms with Gasteiger partial charge in [-0.15, -0.1) is 0 Å². The smallest absolute Gasteiger partial charge is 0.340 e. The fourth-order valence-electron chi connectivity index (χ4n) is 4.92. The summed E-state index contributed by atoms with van der Waals surface area (Å²) in [7, 11) is 2.49. The number of methoxy groups -OCH3 is 2. The molecule has 0 aliphatic rings. The van der Waals surface area contributed by atoms with Gasteiger partial charge in [-0.1, -0.05) is 52.0 Å². The van der Waals surface area contributed by atoms with Crippen LogP contribution in [0.4, 0.5) is 8.78 Å². The van der Waals surface area contributed by atoms with Crippen LogP contribution in [0.2, 0.25) is 0 Å². The van der Waals surface area contributed by atoms with Gasteiger partial charge in [0.15, 0.2) is 0 Å². The van der Waals surface area contributed by atoms with E-state index in [1.807, 2.05) is 19.9 Å². The molecule has 0 aliphatic carbocycles. The Morgan fingerprint density at radius 3 is 1.52 bits per heavy atom. The van der Waals surface area contributed by atoms with Crippen LogP contribution >= 0.6 is 0 Å². The molecule has 0 saturated heterocycles. The largest absolute Gasteiger partial charge is 0.465 e. The molecular weight excluding hydrogens is 598 g/mol. The molecule has 4 aromatic rings. The predicted molar refractivity (Wildman–Crippen MR) is 168 cm³/mol. The van der Waals surface area contributed by atoms with Crippen LogP contribution in [0, 0.1) is 23.0 Å². The summed E-state index contributed by atoms with van der Waals surface area (Å²) in [6, 6.07) is 12.6. The molecule has 2 aromatic heterocycles. The summed E-state index contributed by atoms with van der Waals surface area (Å²) in [4.78, 5) is 54.4. The maximum Gasteiger partial charge on any atom is 0.340 e. The third kappa shape index (κ3) is 7.27. The van der Waals surface area contributed by atoms with Gasteiger partial charge in [-0.2, -0.15) is 5.26 Å². The van der Waals surface area contributed by atoms with Crippen molar-refractivity contribution in [3.8, 4) is 28.3 Å². The summed E-state index contributed by atoms with van der Waals surface area (Å²) in [6.45, 7) is 7.27. The van der Waals surface area contributed by atoms with Crippen molar-refractivity contribution in [2.75, 3.05) is 14.2 Å². The number of nitrogens with two attached hydrogens (primary N) is 1. The lowest BCUT2D eigenvalue weighted by molar-refractivity contribution is 0.0590. The Morgan fingerprint density at radius 1 is 0.761 bits per heavy atom. The number of nitrogens with one attached hydrogen (secondary N) is 2. The average molecular weight is 633 g/mol. The van der Waals surface area contributed by atoms with Crippen LogP contribution < -0.4 is 16.9 Å². The van der Waals surface area contributed by atoms with E-state index in [1.165, 1.54) is 62.8 Å². The maximum atomic E-state index is 13.2. The molecule has 0 saturated carbocycles. The van der Waals surface area contributed by atoms with Crippen LogP contribution in [0.25, 0.3) is 22.3 Å². The van der Waals surface area contributed by atoms with E-state index in [2.05, 4.69) is 9.97 Å². The van der Waals surface area contributed by atoms with Gasteiger partial charge in [-0.25, -0.2) is 18.4 Å².